The summed E-state index contributed by atoms with van der Waals surface area (Å²) in [7, 11) is 0. The summed E-state index contributed by atoms with van der Waals surface area (Å²) in [6, 6.07) is 0.753. The highest BCUT2D eigenvalue weighted by Gasteiger charge is 2.30. The van der Waals surface area contributed by atoms with E-state index in [1.165, 1.54) is 12.8 Å². The molecule has 1 atom stereocenters. The molecule has 2 heteroatoms. The molecule has 1 fully saturated rings. The van der Waals surface area contributed by atoms with E-state index in [-0.39, 0.29) is 0 Å². The Labute approximate surface area is 88.1 Å². The second-order valence-corrected chi connectivity index (χ2v) is 5.20. The quantitative estimate of drug-likeness (QED) is 0.686. The number of hydrogen-bond donors (Lipinski definition) is 2. The van der Waals surface area contributed by atoms with Crippen molar-refractivity contribution < 1.29 is 5.11 Å². The van der Waals surface area contributed by atoms with Crippen LogP contribution in [0.1, 0.15) is 40.0 Å². The van der Waals surface area contributed by atoms with Crippen LogP contribution in [0.3, 0.4) is 0 Å². The lowest BCUT2D eigenvalue weighted by atomic mass is 9.73. The van der Waals surface area contributed by atoms with Gasteiger partial charge in [-0.15, -0.1) is 0 Å². The molecule has 1 aliphatic rings. The first kappa shape index (κ1) is 12.0. The summed E-state index contributed by atoms with van der Waals surface area (Å²) in [5, 5.41) is 12.3. The van der Waals surface area contributed by atoms with Crippen molar-refractivity contribution in [1.29, 1.82) is 0 Å². The zero-order chi connectivity index (χ0) is 10.6. The van der Waals surface area contributed by atoms with Crippen molar-refractivity contribution in [3.8, 4) is 0 Å². The van der Waals surface area contributed by atoms with Gasteiger partial charge in [-0.05, 0) is 43.6 Å². The smallest absolute Gasteiger partial charge is 0.0434 e. The Morgan fingerprint density at radius 2 is 1.93 bits per heavy atom. The van der Waals surface area contributed by atoms with E-state index >= 15 is 0 Å². The number of nitrogens with one attached hydrogen (secondary N) is 1. The van der Waals surface area contributed by atoms with E-state index in [9.17, 15) is 0 Å². The maximum atomic E-state index is 8.76. The van der Waals surface area contributed by atoms with Crippen molar-refractivity contribution in [3.05, 3.63) is 0 Å². The number of aliphatic hydroxyl groups excluding tert-OH is 1. The maximum Gasteiger partial charge on any atom is 0.0434 e. The maximum absolute atomic E-state index is 8.76. The molecule has 0 radical (unpaired) electrons. The third-order valence-corrected chi connectivity index (χ3v) is 3.49. The zero-order valence-electron chi connectivity index (χ0n) is 9.79. The van der Waals surface area contributed by atoms with Gasteiger partial charge < -0.3 is 10.4 Å². The van der Waals surface area contributed by atoms with E-state index in [4.69, 9.17) is 5.11 Å². The second-order valence-electron chi connectivity index (χ2n) is 5.20. The normalized spacial score (nSPS) is 28.9. The molecule has 1 unspecified atom stereocenters. The molecule has 0 aromatic heterocycles. The van der Waals surface area contributed by atoms with Crippen LogP contribution in [0, 0.1) is 17.8 Å². The largest absolute Gasteiger partial charge is 0.396 e. The number of rotatable bonds is 6. The van der Waals surface area contributed by atoms with E-state index in [1.807, 2.05) is 0 Å². The average molecular weight is 199 g/mol. The number of hydrogen-bond acceptors (Lipinski definition) is 2. The van der Waals surface area contributed by atoms with Crippen LogP contribution in [0.2, 0.25) is 0 Å². The van der Waals surface area contributed by atoms with Gasteiger partial charge in [-0.25, -0.2) is 0 Å². The molecule has 0 amide bonds. The standard InChI is InChI=1S/C12H25NO/c1-9(2)11-6-12(7-11)13-8-10(3)4-5-14/h9-14H,4-8H2,1-3H3. The molecule has 1 saturated carbocycles. The second kappa shape index (κ2) is 5.72. The van der Waals surface area contributed by atoms with Crippen LogP contribution in [-0.2, 0) is 0 Å². The van der Waals surface area contributed by atoms with E-state index < -0.39 is 0 Å². The SMILES string of the molecule is CC(CCO)CNC1CC(C(C)C)C1. The van der Waals surface area contributed by atoms with Gasteiger partial charge in [0.05, 0.1) is 0 Å². The number of aliphatic hydroxyl groups is 1. The molecule has 14 heavy (non-hydrogen) atoms. The first-order chi connectivity index (χ1) is 6.63. The zero-order valence-corrected chi connectivity index (χ0v) is 9.79. The first-order valence-corrected chi connectivity index (χ1v) is 5.97. The molecule has 2 N–H and O–H groups in total. The van der Waals surface area contributed by atoms with Crippen molar-refractivity contribution in [2.45, 2.75) is 46.1 Å². The third kappa shape index (κ3) is 3.58. The van der Waals surface area contributed by atoms with Crippen LogP contribution in [0.25, 0.3) is 0 Å². The van der Waals surface area contributed by atoms with Gasteiger partial charge in [0, 0.05) is 12.6 Å². The van der Waals surface area contributed by atoms with E-state index in [2.05, 4.69) is 26.1 Å². The summed E-state index contributed by atoms with van der Waals surface area (Å²) >= 11 is 0. The van der Waals surface area contributed by atoms with Gasteiger partial charge in [-0.2, -0.15) is 0 Å². The summed E-state index contributed by atoms with van der Waals surface area (Å²) in [5.74, 6) is 2.40. The average Bonchev–Trinajstić information content (AvgIpc) is 2.01. The fourth-order valence-electron chi connectivity index (χ4n) is 2.06. The van der Waals surface area contributed by atoms with Gasteiger partial charge >= 0.3 is 0 Å². The molecule has 1 rings (SSSR count). The van der Waals surface area contributed by atoms with Crippen molar-refractivity contribution in [2.24, 2.45) is 17.8 Å². The van der Waals surface area contributed by atoms with E-state index in [0.29, 0.717) is 12.5 Å². The summed E-state index contributed by atoms with van der Waals surface area (Å²) in [4.78, 5) is 0. The molecule has 0 saturated heterocycles. The lowest BCUT2D eigenvalue weighted by molar-refractivity contribution is 0.161. The van der Waals surface area contributed by atoms with Crippen molar-refractivity contribution >= 4 is 0 Å². The van der Waals surface area contributed by atoms with Gasteiger partial charge in [-0.1, -0.05) is 20.8 Å². The molecule has 84 valence electrons. The molecule has 0 bridgehead atoms. The van der Waals surface area contributed by atoms with Gasteiger partial charge in [0.1, 0.15) is 0 Å². The van der Waals surface area contributed by atoms with Crippen LogP contribution < -0.4 is 5.32 Å². The van der Waals surface area contributed by atoms with Crippen LogP contribution in [0.5, 0.6) is 0 Å². The monoisotopic (exact) mass is 199 g/mol. The predicted molar refractivity (Wildman–Crippen MR) is 60.2 cm³/mol. The van der Waals surface area contributed by atoms with Crippen molar-refractivity contribution in [1.82, 2.24) is 5.32 Å². The first-order valence-electron chi connectivity index (χ1n) is 5.97. The fourth-order valence-corrected chi connectivity index (χ4v) is 2.06. The van der Waals surface area contributed by atoms with Crippen molar-refractivity contribution in [3.63, 3.8) is 0 Å². The third-order valence-electron chi connectivity index (χ3n) is 3.49. The highest BCUT2D eigenvalue weighted by Crippen LogP contribution is 2.33. The van der Waals surface area contributed by atoms with E-state index in [1.54, 1.807) is 0 Å². The van der Waals surface area contributed by atoms with Crippen molar-refractivity contribution in [2.75, 3.05) is 13.2 Å². The minimum atomic E-state index is 0.322. The van der Waals surface area contributed by atoms with E-state index in [0.717, 1.165) is 30.8 Å². The fraction of sp³-hybridized carbons (Fsp3) is 1.00. The van der Waals surface area contributed by atoms with Crippen LogP contribution >= 0.6 is 0 Å². The molecule has 0 heterocycles. The summed E-state index contributed by atoms with van der Waals surface area (Å²) in [6.45, 7) is 8.21. The molecular formula is C12H25NO. The molecule has 0 aromatic carbocycles. The molecule has 1 aliphatic carbocycles. The Hall–Kier alpha value is -0.0800. The Morgan fingerprint density at radius 1 is 1.29 bits per heavy atom. The molecule has 0 aromatic rings. The van der Waals surface area contributed by atoms with Gasteiger partial charge in [0.2, 0.25) is 0 Å². The lowest BCUT2D eigenvalue weighted by Gasteiger charge is -2.39. The van der Waals surface area contributed by atoms with Gasteiger partial charge in [0.25, 0.3) is 0 Å². The van der Waals surface area contributed by atoms with Gasteiger partial charge in [-0.3, -0.25) is 0 Å². The molecule has 0 aliphatic heterocycles. The summed E-state index contributed by atoms with van der Waals surface area (Å²) in [6.07, 6.45) is 3.63. The molecule has 0 spiro atoms. The van der Waals surface area contributed by atoms with Crippen LogP contribution in [0.4, 0.5) is 0 Å². The Bertz CT molecular complexity index is 152. The highest BCUT2D eigenvalue weighted by atomic mass is 16.3. The molecule has 2 nitrogen and oxygen atoms in total. The minimum absolute atomic E-state index is 0.322. The summed E-state index contributed by atoms with van der Waals surface area (Å²) < 4.78 is 0. The Kier molecular flexibility index (Phi) is 4.90. The minimum Gasteiger partial charge on any atom is -0.396 e. The topological polar surface area (TPSA) is 32.3 Å². The molecular weight excluding hydrogens is 174 g/mol. The Balaban J connectivity index is 2.00. The van der Waals surface area contributed by atoms with Crippen LogP contribution in [-0.4, -0.2) is 24.3 Å². The van der Waals surface area contributed by atoms with Gasteiger partial charge in [0.15, 0.2) is 0 Å². The summed E-state index contributed by atoms with van der Waals surface area (Å²) in [5.41, 5.74) is 0. The lowest BCUT2D eigenvalue weighted by Crippen LogP contribution is -2.44. The predicted octanol–water partition coefficient (Wildman–Crippen LogP) is 2.03. The Morgan fingerprint density at radius 3 is 2.43 bits per heavy atom. The van der Waals surface area contributed by atoms with Crippen LogP contribution in [0.15, 0.2) is 0 Å². The highest BCUT2D eigenvalue weighted by molar-refractivity contribution is 4.86.